The first-order valence-electron chi connectivity index (χ1n) is 14.0. The molecule has 0 aliphatic carbocycles. The van der Waals surface area contributed by atoms with Gasteiger partial charge in [-0.1, -0.05) is 77.7 Å². The Morgan fingerprint density at radius 2 is 1.65 bits per heavy atom. The molecule has 5 aromatic rings. The number of imide groups is 1. The van der Waals surface area contributed by atoms with E-state index < -0.39 is 52.2 Å². The quantitative estimate of drug-likeness (QED) is 0.203. The number of aromatic nitrogens is 1. The number of alkyl halides is 3. The fraction of sp³-hybridized carbons (Fsp3) is 0.152. The molecule has 0 bridgehead atoms. The summed E-state index contributed by atoms with van der Waals surface area (Å²) in [5.41, 5.74) is -0.531. The molecule has 3 amide bonds. The van der Waals surface area contributed by atoms with Gasteiger partial charge in [0.1, 0.15) is 11.0 Å². The molecule has 0 saturated carbocycles. The van der Waals surface area contributed by atoms with Gasteiger partial charge in [-0.2, -0.15) is 13.2 Å². The third-order valence-electron chi connectivity index (χ3n) is 7.89. The van der Waals surface area contributed by atoms with Crippen molar-refractivity contribution in [2.75, 3.05) is 16.8 Å². The van der Waals surface area contributed by atoms with Crippen molar-refractivity contribution >= 4 is 63.0 Å². The van der Waals surface area contributed by atoms with Crippen molar-refractivity contribution in [2.24, 2.45) is 5.92 Å². The van der Waals surface area contributed by atoms with E-state index in [2.05, 4.69) is 10.3 Å². The van der Waals surface area contributed by atoms with Crippen LogP contribution in [0.1, 0.15) is 21.9 Å². The summed E-state index contributed by atoms with van der Waals surface area (Å²) < 4.78 is 47.5. The van der Waals surface area contributed by atoms with Crippen LogP contribution in [0.2, 0.25) is 0 Å². The number of amides is 3. The van der Waals surface area contributed by atoms with Crippen LogP contribution in [0.25, 0.3) is 10.8 Å². The molecule has 1 saturated heterocycles. The van der Waals surface area contributed by atoms with Crippen LogP contribution in [0.5, 0.6) is 5.75 Å². The molecule has 232 valence electrons. The van der Waals surface area contributed by atoms with Gasteiger partial charge in [-0.05, 0) is 52.7 Å². The van der Waals surface area contributed by atoms with Crippen molar-refractivity contribution in [1.29, 1.82) is 0 Å². The van der Waals surface area contributed by atoms with Crippen molar-refractivity contribution in [3.8, 4) is 5.75 Å². The molecule has 1 aromatic heterocycles. The number of hydrogen-bond donors (Lipinski definition) is 2. The number of H-pyrrole nitrogens is 1. The lowest BCUT2D eigenvalue weighted by Gasteiger charge is -2.30. The maximum absolute atomic E-state index is 13.9. The molecule has 13 heteroatoms. The summed E-state index contributed by atoms with van der Waals surface area (Å²) in [5.74, 6) is -3.63. The number of rotatable bonds is 6. The summed E-state index contributed by atoms with van der Waals surface area (Å²) in [6.45, 7) is -0.328. The number of anilines is 2. The number of aromatic amines is 1. The molecular formula is C33H22F3N3O5S2. The maximum atomic E-state index is 13.9. The van der Waals surface area contributed by atoms with Crippen LogP contribution in [-0.2, 0) is 20.6 Å². The maximum Gasteiger partial charge on any atom is 0.418 e. The minimum absolute atomic E-state index is 0.293. The zero-order valence-electron chi connectivity index (χ0n) is 23.5. The number of ether oxygens (including phenoxy) is 1. The molecule has 3 atom stereocenters. The molecule has 2 N–H and O–H groups in total. The Hall–Kier alpha value is -4.88. The molecule has 0 radical (unpaired) electrons. The van der Waals surface area contributed by atoms with E-state index in [1.165, 1.54) is 12.1 Å². The SMILES string of the molecule is O=C(COc1cccc(C2c3sc(=O)[nH]c3SC3C(=O)N(c4ccccc4C(F)(F)F)C(=O)C32)c1)Nc1ccc2ccccc2c1. The summed E-state index contributed by atoms with van der Waals surface area (Å²) in [4.78, 5) is 56.1. The number of thioether (sulfide) groups is 1. The first-order valence-corrected chi connectivity index (χ1v) is 15.7. The molecule has 4 aromatic carbocycles. The number of fused-ring (bicyclic) bond motifs is 3. The van der Waals surface area contributed by atoms with E-state index >= 15 is 0 Å². The summed E-state index contributed by atoms with van der Waals surface area (Å²) in [5, 5.41) is 4.10. The van der Waals surface area contributed by atoms with Gasteiger partial charge in [0.15, 0.2) is 6.61 Å². The molecule has 0 spiro atoms. The summed E-state index contributed by atoms with van der Waals surface area (Å²) in [7, 11) is 0. The van der Waals surface area contributed by atoms with Crippen molar-refractivity contribution in [1.82, 2.24) is 4.98 Å². The van der Waals surface area contributed by atoms with Gasteiger partial charge in [0.05, 0.1) is 22.2 Å². The smallest absolute Gasteiger partial charge is 0.418 e. The van der Waals surface area contributed by atoms with Crippen LogP contribution in [0.3, 0.4) is 0 Å². The standard InChI is InChI=1S/C33H22F3N3O5S2/c34-33(35,36)22-10-3-4-11-23(22)39-30(41)26-25(27-29(38-32(43)46-27)45-28(26)31(39)42)19-8-5-9-21(15-19)44-16-24(40)37-20-13-12-17-6-1-2-7-18(17)14-20/h1-15,25-26,28H,16H2,(H,37,40)(H,38,43). The van der Waals surface area contributed by atoms with Gasteiger partial charge >= 0.3 is 11.0 Å². The van der Waals surface area contributed by atoms with E-state index in [1.54, 1.807) is 30.3 Å². The molecule has 7 rings (SSSR count). The summed E-state index contributed by atoms with van der Waals surface area (Å²) >= 11 is 1.84. The van der Waals surface area contributed by atoms with Crippen LogP contribution < -0.4 is 19.8 Å². The molecule has 8 nitrogen and oxygen atoms in total. The summed E-state index contributed by atoms with van der Waals surface area (Å²) in [6, 6.07) is 24.3. The zero-order valence-corrected chi connectivity index (χ0v) is 25.2. The van der Waals surface area contributed by atoms with Crippen LogP contribution in [0, 0.1) is 5.92 Å². The minimum atomic E-state index is -4.80. The van der Waals surface area contributed by atoms with Gasteiger partial charge in [0.25, 0.3) is 5.91 Å². The highest BCUT2D eigenvalue weighted by molar-refractivity contribution is 8.00. The lowest BCUT2D eigenvalue weighted by Crippen LogP contribution is -2.33. The van der Waals surface area contributed by atoms with E-state index in [0.29, 0.717) is 31.8 Å². The number of halogens is 3. The molecule has 1 fully saturated rings. The molecule has 2 aliphatic rings. The Morgan fingerprint density at radius 1 is 0.891 bits per heavy atom. The number of nitrogens with zero attached hydrogens (tertiary/aromatic N) is 1. The predicted octanol–water partition coefficient (Wildman–Crippen LogP) is 6.42. The first-order chi connectivity index (χ1) is 22.1. The average Bonchev–Trinajstić information content (AvgIpc) is 3.53. The largest absolute Gasteiger partial charge is 0.484 e. The predicted molar refractivity (Wildman–Crippen MR) is 168 cm³/mol. The Labute approximate surface area is 267 Å². The lowest BCUT2D eigenvalue weighted by molar-refractivity contribution is -0.137. The van der Waals surface area contributed by atoms with Crippen LogP contribution in [0.4, 0.5) is 24.5 Å². The topological polar surface area (TPSA) is 109 Å². The second-order valence-electron chi connectivity index (χ2n) is 10.7. The fourth-order valence-electron chi connectivity index (χ4n) is 5.93. The van der Waals surface area contributed by atoms with E-state index in [-0.39, 0.29) is 11.5 Å². The number of benzene rings is 4. The Bertz CT molecular complexity index is 2090. The van der Waals surface area contributed by atoms with Gasteiger partial charge in [-0.25, -0.2) is 4.90 Å². The highest BCUT2D eigenvalue weighted by atomic mass is 32.2. The van der Waals surface area contributed by atoms with Gasteiger partial charge in [0.2, 0.25) is 11.8 Å². The Kier molecular flexibility index (Phi) is 7.44. The fourth-order valence-corrected chi connectivity index (χ4v) is 8.45. The Morgan fingerprint density at radius 3 is 2.46 bits per heavy atom. The third-order valence-corrected chi connectivity index (χ3v) is 10.3. The van der Waals surface area contributed by atoms with Gasteiger partial charge in [0, 0.05) is 16.5 Å². The third kappa shape index (κ3) is 5.35. The molecule has 46 heavy (non-hydrogen) atoms. The van der Waals surface area contributed by atoms with E-state index in [9.17, 15) is 32.3 Å². The molecule has 3 heterocycles. The van der Waals surface area contributed by atoms with E-state index in [0.717, 1.165) is 46.0 Å². The highest BCUT2D eigenvalue weighted by Crippen LogP contribution is 2.54. The minimum Gasteiger partial charge on any atom is -0.484 e. The monoisotopic (exact) mass is 661 g/mol. The molecule has 3 unspecified atom stereocenters. The van der Waals surface area contributed by atoms with E-state index in [4.69, 9.17) is 4.74 Å². The zero-order chi connectivity index (χ0) is 32.2. The van der Waals surface area contributed by atoms with Gasteiger partial charge < -0.3 is 15.0 Å². The number of hydrogen-bond acceptors (Lipinski definition) is 7. The van der Waals surface area contributed by atoms with Crippen LogP contribution in [-0.4, -0.2) is 34.6 Å². The van der Waals surface area contributed by atoms with Crippen molar-refractivity contribution in [2.45, 2.75) is 22.4 Å². The number of nitrogens with one attached hydrogen (secondary N) is 2. The average molecular weight is 662 g/mol. The lowest BCUT2D eigenvalue weighted by atomic mass is 9.83. The number of thiazole rings is 1. The van der Waals surface area contributed by atoms with Crippen LogP contribution in [0.15, 0.2) is 101 Å². The summed E-state index contributed by atoms with van der Waals surface area (Å²) in [6.07, 6.45) is -4.80. The number of carbonyl (C=O) groups excluding carboxylic acids is 3. The highest BCUT2D eigenvalue weighted by Gasteiger charge is 2.57. The van der Waals surface area contributed by atoms with Crippen molar-refractivity contribution in [3.63, 3.8) is 0 Å². The van der Waals surface area contributed by atoms with Gasteiger partial charge in [-0.3, -0.25) is 19.2 Å². The second kappa shape index (κ2) is 11.5. The second-order valence-corrected chi connectivity index (χ2v) is 12.9. The molecule has 2 aliphatic heterocycles. The van der Waals surface area contributed by atoms with E-state index in [1.807, 2.05) is 36.4 Å². The molecular weight excluding hydrogens is 640 g/mol. The normalized spacial score (nSPS) is 19.2. The van der Waals surface area contributed by atoms with Crippen molar-refractivity contribution < 1.29 is 32.3 Å². The van der Waals surface area contributed by atoms with Crippen LogP contribution >= 0.6 is 23.1 Å². The first kappa shape index (κ1) is 29.8. The van der Waals surface area contributed by atoms with Gasteiger partial charge in [-0.15, -0.1) is 0 Å². The number of para-hydroxylation sites is 1. The van der Waals surface area contributed by atoms with Crippen molar-refractivity contribution in [3.05, 3.63) is 117 Å². The Balaban J connectivity index is 1.17. The number of carbonyl (C=O) groups is 3.